The van der Waals surface area contributed by atoms with Crippen molar-refractivity contribution in [3.8, 4) is 5.75 Å². The summed E-state index contributed by atoms with van der Waals surface area (Å²) in [4.78, 5) is 4.34. The molecule has 1 unspecified atom stereocenters. The van der Waals surface area contributed by atoms with Gasteiger partial charge in [-0.2, -0.15) is 0 Å². The van der Waals surface area contributed by atoms with E-state index in [0.29, 0.717) is 11.5 Å². The predicted molar refractivity (Wildman–Crippen MR) is 78.4 cm³/mol. The second kappa shape index (κ2) is 5.91. The van der Waals surface area contributed by atoms with Crippen LogP contribution in [-0.2, 0) is 0 Å². The van der Waals surface area contributed by atoms with Gasteiger partial charge < -0.3 is 10.1 Å². The molecule has 1 saturated carbocycles. The van der Waals surface area contributed by atoms with Crippen molar-refractivity contribution in [2.45, 2.75) is 59.1 Å². The molecule has 0 aromatic carbocycles. The Balaban J connectivity index is 2.16. The summed E-state index contributed by atoms with van der Waals surface area (Å²) in [5, 5.41) is 3.67. The summed E-state index contributed by atoms with van der Waals surface area (Å²) in [6.07, 6.45) is 7.71. The largest absolute Gasteiger partial charge is 0.489 e. The first-order valence-electron chi connectivity index (χ1n) is 7.40. The van der Waals surface area contributed by atoms with Crippen molar-refractivity contribution in [3.63, 3.8) is 0 Å². The molecule has 1 N–H and O–H groups in total. The van der Waals surface area contributed by atoms with E-state index in [0.717, 1.165) is 18.7 Å². The molecule has 1 aromatic heterocycles. The van der Waals surface area contributed by atoms with Crippen LogP contribution in [0.5, 0.6) is 5.75 Å². The minimum Gasteiger partial charge on any atom is -0.489 e. The van der Waals surface area contributed by atoms with Crippen LogP contribution in [0.1, 0.15) is 58.6 Å². The van der Waals surface area contributed by atoms with E-state index < -0.39 is 0 Å². The van der Waals surface area contributed by atoms with E-state index in [1.165, 1.54) is 18.4 Å². The van der Waals surface area contributed by atoms with E-state index in [1.807, 2.05) is 20.0 Å². The second-order valence-corrected chi connectivity index (χ2v) is 6.16. The van der Waals surface area contributed by atoms with Crippen molar-refractivity contribution in [2.75, 3.05) is 6.54 Å². The Morgan fingerprint density at radius 3 is 2.68 bits per heavy atom. The molecule has 2 rings (SSSR count). The second-order valence-electron chi connectivity index (χ2n) is 6.16. The van der Waals surface area contributed by atoms with E-state index in [2.05, 4.69) is 30.2 Å². The maximum absolute atomic E-state index is 5.75. The third-order valence-electron chi connectivity index (χ3n) is 3.77. The number of ether oxygens (including phenoxy) is 1. The molecule has 1 aliphatic rings. The normalized spacial score (nSPS) is 18.4. The lowest BCUT2D eigenvalue weighted by Gasteiger charge is -2.25. The minimum atomic E-state index is 0.190. The highest BCUT2D eigenvalue weighted by Gasteiger charge is 2.45. The lowest BCUT2D eigenvalue weighted by molar-refractivity contribution is 0.240. The lowest BCUT2D eigenvalue weighted by Crippen LogP contribution is -2.28. The highest BCUT2D eigenvalue weighted by atomic mass is 16.5. The van der Waals surface area contributed by atoms with Crippen LogP contribution >= 0.6 is 0 Å². The van der Waals surface area contributed by atoms with Crippen LogP contribution in [0.4, 0.5) is 0 Å². The van der Waals surface area contributed by atoms with Gasteiger partial charge in [0.2, 0.25) is 0 Å². The zero-order valence-corrected chi connectivity index (χ0v) is 12.6. The van der Waals surface area contributed by atoms with Crippen LogP contribution in [0.2, 0.25) is 0 Å². The standard InChI is InChI=1S/C16H26N2O/c1-5-8-18-15(16(4)6-7-16)13-9-14(11-17-10-13)19-12(2)3/h9-12,15,18H,5-8H2,1-4H3. The highest BCUT2D eigenvalue weighted by molar-refractivity contribution is 5.29. The van der Waals surface area contributed by atoms with Crippen LogP contribution in [0.3, 0.4) is 0 Å². The SMILES string of the molecule is CCCNC(c1cncc(OC(C)C)c1)C1(C)CC1. The molecule has 3 heteroatoms. The van der Waals surface area contributed by atoms with Crippen molar-refractivity contribution in [1.29, 1.82) is 0 Å². The van der Waals surface area contributed by atoms with E-state index >= 15 is 0 Å². The van der Waals surface area contributed by atoms with Gasteiger partial charge in [-0.3, -0.25) is 4.98 Å². The van der Waals surface area contributed by atoms with Gasteiger partial charge in [-0.25, -0.2) is 0 Å². The average Bonchev–Trinajstić information content (AvgIpc) is 3.08. The van der Waals surface area contributed by atoms with E-state index in [1.54, 1.807) is 6.20 Å². The quantitative estimate of drug-likeness (QED) is 0.813. The summed E-state index contributed by atoms with van der Waals surface area (Å²) in [5.41, 5.74) is 1.65. The van der Waals surface area contributed by atoms with Gasteiger partial charge in [0, 0.05) is 12.2 Å². The molecular weight excluding hydrogens is 236 g/mol. The Morgan fingerprint density at radius 1 is 1.37 bits per heavy atom. The number of rotatable bonds is 7. The van der Waals surface area contributed by atoms with E-state index in [4.69, 9.17) is 4.74 Å². The molecule has 0 saturated heterocycles. The first kappa shape index (κ1) is 14.3. The molecule has 19 heavy (non-hydrogen) atoms. The summed E-state index contributed by atoms with van der Waals surface area (Å²) >= 11 is 0. The van der Waals surface area contributed by atoms with E-state index in [9.17, 15) is 0 Å². The summed E-state index contributed by atoms with van der Waals surface area (Å²) in [6, 6.07) is 2.54. The lowest BCUT2D eigenvalue weighted by atomic mass is 9.92. The van der Waals surface area contributed by atoms with Crippen molar-refractivity contribution < 1.29 is 4.74 Å². The number of nitrogens with one attached hydrogen (secondary N) is 1. The average molecular weight is 262 g/mol. The summed E-state index contributed by atoms with van der Waals surface area (Å²) in [6.45, 7) is 9.70. The third-order valence-corrected chi connectivity index (χ3v) is 3.77. The van der Waals surface area contributed by atoms with Crippen molar-refractivity contribution in [3.05, 3.63) is 24.0 Å². The zero-order chi connectivity index (χ0) is 13.9. The van der Waals surface area contributed by atoms with Crippen molar-refractivity contribution in [1.82, 2.24) is 10.3 Å². The maximum atomic E-state index is 5.75. The molecule has 0 amide bonds. The minimum absolute atomic E-state index is 0.190. The van der Waals surface area contributed by atoms with Crippen molar-refractivity contribution >= 4 is 0 Å². The Morgan fingerprint density at radius 2 is 2.11 bits per heavy atom. The van der Waals surface area contributed by atoms with Gasteiger partial charge >= 0.3 is 0 Å². The van der Waals surface area contributed by atoms with Crippen LogP contribution in [0.15, 0.2) is 18.5 Å². The van der Waals surface area contributed by atoms with Crippen LogP contribution in [0, 0.1) is 5.41 Å². The number of aromatic nitrogens is 1. The number of nitrogens with zero attached hydrogens (tertiary/aromatic N) is 1. The molecule has 106 valence electrons. The molecule has 1 aromatic rings. The first-order valence-corrected chi connectivity index (χ1v) is 7.40. The molecule has 3 nitrogen and oxygen atoms in total. The van der Waals surface area contributed by atoms with E-state index in [-0.39, 0.29) is 6.10 Å². The Kier molecular flexibility index (Phi) is 4.46. The van der Waals surface area contributed by atoms with Gasteiger partial charge in [0.05, 0.1) is 12.3 Å². The molecule has 0 aliphatic heterocycles. The first-order chi connectivity index (χ1) is 9.05. The smallest absolute Gasteiger partial charge is 0.138 e. The Bertz CT molecular complexity index is 413. The fourth-order valence-electron chi connectivity index (χ4n) is 2.47. The number of pyridine rings is 1. The van der Waals surface area contributed by atoms with Gasteiger partial charge in [-0.15, -0.1) is 0 Å². The summed E-state index contributed by atoms with van der Waals surface area (Å²) in [5.74, 6) is 0.875. The molecule has 0 bridgehead atoms. The highest BCUT2D eigenvalue weighted by Crippen LogP contribution is 2.54. The molecule has 0 radical (unpaired) electrons. The van der Waals surface area contributed by atoms with Crippen LogP contribution in [0.25, 0.3) is 0 Å². The fourth-order valence-corrected chi connectivity index (χ4v) is 2.47. The Hall–Kier alpha value is -1.09. The van der Waals surface area contributed by atoms with Gasteiger partial charge in [0.15, 0.2) is 0 Å². The van der Waals surface area contributed by atoms with Gasteiger partial charge in [-0.05, 0) is 56.7 Å². The van der Waals surface area contributed by atoms with Gasteiger partial charge in [-0.1, -0.05) is 13.8 Å². The van der Waals surface area contributed by atoms with Crippen LogP contribution < -0.4 is 10.1 Å². The Labute approximate surface area is 116 Å². The summed E-state index contributed by atoms with van der Waals surface area (Å²) in [7, 11) is 0. The number of hydrogen-bond donors (Lipinski definition) is 1. The van der Waals surface area contributed by atoms with Gasteiger partial charge in [0.1, 0.15) is 5.75 Å². The van der Waals surface area contributed by atoms with Crippen LogP contribution in [-0.4, -0.2) is 17.6 Å². The van der Waals surface area contributed by atoms with Gasteiger partial charge in [0.25, 0.3) is 0 Å². The van der Waals surface area contributed by atoms with Crippen molar-refractivity contribution in [2.24, 2.45) is 5.41 Å². The molecule has 1 atom stereocenters. The molecule has 1 heterocycles. The predicted octanol–water partition coefficient (Wildman–Crippen LogP) is 3.71. The molecule has 1 fully saturated rings. The fraction of sp³-hybridized carbons (Fsp3) is 0.688. The third kappa shape index (κ3) is 3.69. The number of hydrogen-bond acceptors (Lipinski definition) is 3. The molecule has 1 aliphatic carbocycles. The topological polar surface area (TPSA) is 34.2 Å². The monoisotopic (exact) mass is 262 g/mol. The maximum Gasteiger partial charge on any atom is 0.138 e. The zero-order valence-electron chi connectivity index (χ0n) is 12.6. The molecule has 0 spiro atoms. The summed E-state index contributed by atoms with van der Waals surface area (Å²) < 4.78 is 5.75. The molecular formula is C16H26N2O.